The maximum Gasteiger partial charge on any atom is 0.234 e. The van der Waals surface area contributed by atoms with Gasteiger partial charge in [-0.3, -0.25) is 4.79 Å². The molecule has 0 fully saturated rings. The first-order valence-corrected chi connectivity index (χ1v) is 8.84. The van der Waals surface area contributed by atoms with Crippen LogP contribution in [0.25, 0.3) is 0 Å². The van der Waals surface area contributed by atoms with Crippen LogP contribution in [0.4, 0.5) is 10.1 Å². The van der Waals surface area contributed by atoms with E-state index in [1.807, 2.05) is 13.1 Å². The number of benzene rings is 1. The van der Waals surface area contributed by atoms with Gasteiger partial charge >= 0.3 is 0 Å². The third-order valence-electron chi connectivity index (χ3n) is 3.94. The van der Waals surface area contributed by atoms with Crippen molar-refractivity contribution in [2.75, 3.05) is 24.7 Å². The standard InChI is InChI=1S/C18H17FN4OS/c1-23-7-6-15-13(10-23)8-12(9-20)18(22-15)25-11-17(24)21-16-5-3-2-4-14(16)19/h2-5,8H,6-7,10-11H2,1H3,(H,21,24). The topological polar surface area (TPSA) is 69.0 Å². The quantitative estimate of drug-likeness (QED) is 0.853. The van der Waals surface area contributed by atoms with Crippen molar-refractivity contribution in [2.45, 2.75) is 18.0 Å². The maximum absolute atomic E-state index is 13.6. The number of fused-ring (bicyclic) bond motifs is 1. The number of carbonyl (C=O) groups is 1. The molecular weight excluding hydrogens is 339 g/mol. The van der Waals surface area contributed by atoms with Crippen molar-refractivity contribution in [3.05, 3.63) is 53.0 Å². The molecule has 25 heavy (non-hydrogen) atoms. The molecule has 0 atom stereocenters. The molecule has 1 aromatic carbocycles. The molecule has 7 heteroatoms. The summed E-state index contributed by atoms with van der Waals surface area (Å²) >= 11 is 1.20. The van der Waals surface area contributed by atoms with Gasteiger partial charge in [0.1, 0.15) is 16.9 Å². The lowest BCUT2D eigenvalue weighted by Gasteiger charge is -2.24. The van der Waals surface area contributed by atoms with Gasteiger partial charge in [-0.25, -0.2) is 9.37 Å². The van der Waals surface area contributed by atoms with E-state index in [-0.39, 0.29) is 17.3 Å². The van der Waals surface area contributed by atoms with Crippen LogP contribution in [0.1, 0.15) is 16.8 Å². The summed E-state index contributed by atoms with van der Waals surface area (Å²) in [5.74, 6) is -0.748. The predicted molar refractivity (Wildman–Crippen MR) is 94.7 cm³/mol. The Morgan fingerprint density at radius 1 is 1.48 bits per heavy atom. The minimum absolute atomic E-state index is 0.0642. The van der Waals surface area contributed by atoms with Gasteiger partial charge in [0.05, 0.1) is 17.0 Å². The largest absolute Gasteiger partial charge is 0.323 e. The van der Waals surface area contributed by atoms with Crippen LogP contribution in [0.3, 0.4) is 0 Å². The number of likely N-dealkylation sites (N-methyl/N-ethyl adjacent to an activating group) is 1. The summed E-state index contributed by atoms with van der Waals surface area (Å²) in [5, 5.41) is 12.4. The number of carbonyl (C=O) groups excluding carboxylic acids is 1. The molecular formula is C18H17FN4OS. The number of rotatable bonds is 4. The number of nitrogens with zero attached hydrogens (tertiary/aromatic N) is 3. The van der Waals surface area contributed by atoms with Crippen molar-refractivity contribution in [3.63, 3.8) is 0 Å². The summed E-state index contributed by atoms with van der Waals surface area (Å²) in [5.41, 5.74) is 2.66. The number of nitrogens with one attached hydrogen (secondary N) is 1. The molecule has 2 aromatic rings. The SMILES string of the molecule is CN1CCc2nc(SCC(=O)Nc3ccccc3F)c(C#N)cc2C1. The first kappa shape index (κ1) is 17.4. The van der Waals surface area contributed by atoms with E-state index in [0.29, 0.717) is 10.6 Å². The molecule has 0 radical (unpaired) electrons. The van der Waals surface area contributed by atoms with E-state index >= 15 is 0 Å². The molecule has 0 bridgehead atoms. The van der Waals surface area contributed by atoms with E-state index in [0.717, 1.165) is 30.8 Å². The highest BCUT2D eigenvalue weighted by molar-refractivity contribution is 8.00. The molecule has 1 N–H and O–H groups in total. The highest BCUT2D eigenvalue weighted by Crippen LogP contribution is 2.26. The zero-order chi connectivity index (χ0) is 17.8. The van der Waals surface area contributed by atoms with E-state index in [1.54, 1.807) is 12.1 Å². The molecule has 0 unspecified atom stereocenters. The van der Waals surface area contributed by atoms with Crippen molar-refractivity contribution >= 4 is 23.4 Å². The van der Waals surface area contributed by atoms with Gasteiger partial charge in [-0.1, -0.05) is 23.9 Å². The summed E-state index contributed by atoms with van der Waals surface area (Å²) in [6, 6.07) is 10.0. The normalized spacial score (nSPS) is 13.8. The molecule has 0 spiro atoms. The number of para-hydroxylation sites is 1. The molecule has 3 rings (SSSR count). The van der Waals surface area contributed by atoms with Crippen molar-refractivity contribution < 1.29 is 9.18 Å². The second-order valence-corrected chi connectivity index (χ2v) is 6.83. The predicted octanol–water partition coefficient (Wildman–Crippen LogP) is 2.81. The van der Waals surface area contributed by atoms with Crippen LogP contribution in [-0.2, 0) is 17.8 Å². The molecule has 2 heterocycles. The highest BCUT2D eigenvalue weighted by Gasteiger charge is 2.18. The molecule has 1 aliphatic rings. The fourth-order valence-electron chi connectivity index (χ4n) is 2.67. The summed E-state index contributed by atoms with van der Waals surface area (Å²) < 4.78 is 13.6. The number of halogens is 1. The Morgan fingerprint density at radius 3 is 3.04 bits per heavy atom. The average molecular weight is 356 g/mol. The summed E-state index contributed by atoms with van der Waals surface area (Å²) in [7, 11) is 2.03. The third-order valence-corrected chi connectivity index (χ3v) is 4.93. The highest BCUT2D eigenvalue weighted by atomic mass is 32.2. The molecule has 0 saturated carbocycles. The number of hydrogen-bond donors (Lipinski definition) is 1. The number of amides is 1. The number of thioether (sulfide) groups is 1. The lowest BCUT2D eigenvalue weighted by atomic mass is 10.0. The van der Waals surface area contributed by atoms with Crippen molar-refractivity contribution in [3.8, 4) is 6.07 Å². The molecule has 128 valence electrons. The Labute approximate surface area is 149 Å². The van der Waals surface area contributed by atoms with Crippen molar-refractivity contribution in [1.82, 2.24) is 9.88 Å². The first-order chi connectivity index (χ1) is 12.1. The molecule has 1 aliphatic heterocycles. The zero-order valence-corrected chi connectivity index (χ0v) is 14.6. The Kier molecular flexibility index (Phi) is 5.31. The second kappa shape index (κ2) is 7.64. The summed E-state index contributed by atoms with van der Waals surface area (Å²) in [6.45, 7) is 1.69. The summed E-state index contributed by atoms with van der Waals surface area (Å²) in [4.78, 5) is 18.8. The van der Waals surface area contributed by atoms with E-state index in [1.165, 1.54) is 23.9 Å². The van der Waals surface area contributed by atoms with Gasteiger partial charge in [0.15, 0.2) is 0 Å². The van der Waals surface area contributed by atoms with Crippen LogP contribution in [-0.4, -0.2) is 35.1 Å². The number of anilines is 1. The van der Waals surface area contributed by atoms with Crippen LogP contribution < -0.4 is 5.32 Å². The average Bonchev–Trinajstić information content (AvgIpc) is 2.61. The lowest BCUT2D eigenvalue weighted by Crippen LogP contribution is -2.27. The molecule has 5 nitrogen and oxygen atoms in total. The van der Waals surface area contributed by atoms with Gasteiger partial charge in [0, 0.05) is 25.2 Å². The van der Waals surface area contributed by atoms with E-state index in [4.69, 9.17) is 0 Å². The summed E-state index contributed by atoms with van der Waals surface area (Å²) in [6.07, 6.45) is 0.826. The van der Waals surface area contributed by atoms with Crippen LogP contribution in [0.2, 0.25) is 0 Å². The monoisotopic (exact) mass is 356 g/mol. The van der Waals surface area contributed by atoms with Crippen molar-refractivity contribution in [1.29, 1.82) is 5.26 Å². The van der Waals surface area contributed by atoms with Crippen LogP contribution in [0.15, 0.2) is 35.4 Å². The zero-order valence-electron chi connectivity index (χ0n) is 13.8. The van der Waals surface area contributed by atoms with Crippen LogP contribution in [0, 0.1) is 17.1 Å². The minimum Gasteiger partial charge on any atom is -0.323 e. The second-order valence-electron chi connectivity index (χ2n) is 5.86. The van der Waals surface area contributed by atoms with Crippen molar-refractivity contribution in [2.24, 2.45) is 0 Å². The van der Waals surface area contributed by atoms with E-state index < -0.39 is 5.82 Å². The van der Waals surface area contributed by atoms with Gasteiger partial charge < -0.3 is 10.2 Å². The number of nitriles is 1. The first-order valence-electron chi connectivity index (χ1n) is 7.85. The number of pyridine rings is 1. The molecule has 1 amide bonds. The Bertz CT molecular complexity index is 849. The number of aromatic nitrogens is 1. The van der Waals surface area contributed by atoms with Gasteiger partial charge in [-0.15, -0.1) is 0 Å². The molecule has 1 aromatic heterocycles. The smallest absolute Gasteiger partial charge is 0.234 e. The van der Waals surface area contributed by atoms with Crippen LogP contribution >= 0.6 is 11.8 Å². The van der Waals surface area contributed by atoms with Gasteiger partial charge in [0.25, 0.3) is 0 Å². The van der Waals surface area contributed by atoms with Gasteiger partial charge in [-0.2, -0.15) is 5.26 Å². The lowest BCUT2D eigenvalue weighted by molar-refractivity contribution is -0.113. The fraction of sp³-hybridized carbons (Fsp3) is 0.278. The Balaban J connectivity index is 1.70. The molecule has 0 aliphatic carbocycles. The fourth-order valence-corrected chi connectivity index (χ4v) is 3.44. The van der Waals surface area contributed by atoms with E-state index in [2.05, 4.69) is 21.3 Å². The number of hydrogen-bond acceptors (Lipinski definition) is 5. The van der Waals surface area contributed by atoms with E-state index in [9.17, 15) is 14.4 Å². The third kappa shape index (κ3) is 4.16. The minimum atomic E-state index is -0.477. The van der Waals surface area contributed by atoms with Gasteiger partial charge in [-0.05, 0) is 30.8 Å². The van der Waals surface area contributed by atoms with Crippen LogP contribution in [0.5, 0.6) is 0 Å². The molecule has 0 saturated heterocycles. The Hall–Kier alpha value is -2.43. The maximum atomic E-state index is 13.6. The van der Waals surface area contributed by atoms with Gasteiger partial charge in [0.2, 0.25) is 5.91 Å². The Morgan fingerprint density at radius 2 is 2.28 bits per heavy atom.